The second-order valence-corrected chi connectivity index (χ2v) is 15.1. The molecule has 0 bridgehead atoms. The summed E-state index contributed by atoms with van der Waals surface area (Å²) < 4.78 is 22.5. The van der Waals surface area contributed by atoms with Gasteiger partial charge in [0.2, 0.25) is 5.91 Å². The first-order valence-corrected chi connectivity index (χ1v) is 20.9. The van der Waals surface area contributed by atoms with Crippen molar-refractivity contribution in [3.63, 3.8) is 0 Å². The van der Waals surface area contributed by atoms with Crippen LogP contribution in [0.4, 0.5) is 0 Å². The molecular formula is C40H75NO13. The van der Waals surface area contributed by atoms with Gasteiger partial charge in [-0.2, -0.15) is 0 Å². The van der Waals surface area contributed by atoms with Crippen LogP contribution in [0, 0.1) is 0 Å². The summed E-state index contributed by atoms with van der Waals surface area (Å²) in [6, 6.07) is -0.904. The number of rotatable bonds is 30. The summed E-state index contributed by atoms with van der Waals surface area (Å²) in [6.45, 7) is 2.70. The first-order valence-electron chi connectivity index (χ1n) is 20.9. The van der Waals surface area contributed by atoms with Crippen LogP contribution in [0.15, 0.2) is 12.2 Å². The average molecular weight is 778 g/mol. The molecule has 2 aliphatic heterocycles. The van der Waals surface area contributed by atoms with Gasteiger partial charge in [-0.15, -0.1) is 0 Å². The van der Waals surface area contributed by atoms with E-state index in [2.05, 4.69) is 19.2 Å². The molecule has 2 aliphatic rings. The Balaban J connectivity index is 1.95. The van der Waals surface area contributed by atoms with Gasteiger partial charge in [-0.25, -0.2) is 0 Å². The molecular weight excluding hydrogens is 702 g/mol. The molecule has 0 aromatic heterocycles. The van der Waals surface area contributed by atoms with Gasteiger partial charge in [0.15, 0.2) is 12.6 Å². The van der Waals surface area contributed by atoms with Crippen molar-refractivity contribution in [3.05, 3.63) is 12.2 Å². The molecule has 12 atom stereocenters. The van der Waals surface area contributed by atoms with Crippen LogP contribution in [0.5, 0.6) is 0 Å². The minimum atomic E-state index is -1.78. The molecule has 0 aromatic carbocycles. The van der Waals surface area contributed by atoms with Crippen molar-refractivity contribution < 1.29 is 64.6 Å². The Labute approximate surface area is 323 Å². The second kappa shape index (κ2) is 29.0. The van der Waals surface area contributed by atoms with Crippen LogP contribution >= 0.6 is 0 Å². The SMILES string of the molecule is CCCCCCCCCCCC/C=C/C(O)C(COC1OC(CO)C(OC2OC(CO)C(O)C(O)C2O)C(O)C1O)NC(=O)CCCCCCCCCC. The van der Waals surface area contributed by atoms with E-state index in [0.29, 0.717) is 6.42 Å². The molecule has 12 unspecified atom stereocenters. The Morgan fingerprint density at radius 1 is 0.648 bits per heavy atom. The number of hydrogen-bond donors (Lipinski definition) is 9. The van der Waals surface area contributed by atoms with E-state index in [-0.39, 0.29) is 18.9 Å². The van der Waals surface area contributed by atoms with Gasteiger partial charge in [-0.1, -0.05) is 129 Å². The zero-order chi connectivity index (χ0) is 39.7. The fourth-order valence-corrected chi connectivity index (χ4v) is 6.94. The van der Waals surface area contributed by atoms with Crippen molar-refractivity contribution in [1.82, 2.24) is 5.32 Å². The molecule has 318 valence electrons. The van der Waals surface area contributed by atoms with Gasteiger partial charge in [0.05, 0.1) is 32.0 Å². The molecule has 14 nitrogen and oxygen atoms in total. The number of ether oxygens (including phenoxy) is 4. The Morgan fingerprint density at radius 2 is 1.15 bits per heavy atom. The Morgan fingerprint density at radius 3 is 1.70 bits per heavy atom. The molecule has 2 rings (SSSR count). The highest BCUT2D eigenvalue weighted by Crippen LogP contribution is 2.30. The maximum Gasteiger partial charge on any atom is 0.220 e. The lowest BCUT2D eigenvalue weighted by molar-refractivity contribution is -0.359. The molecule has 9 N–H and O–H groups in total. The highest BCUT2D eigenvalue weighted by atomic mass is 16.7. The van der Waals surface area contributed by atoms with Crippen molar-refractivity contribution in [2.75, 3.05) is 19.8 Å². The summed E-state index contributed by atoms with van der Waals surface area (Å²) >= 11 is 0. The monoisotopic (exact) mass is 778 g/mol. The van der Waals surface area contributed by atoms with Crippen molar-refractivity contribution in [3.8, 4) is 0 Å². The standard InChI is InChI=1S/C40H75NO13/c1-3-5-7-9-11-13-14-15-16-17-19-21-23-29(44)28(41-32(45)24-22-20-18-12-10-8-6-4-2)27-51-39-37(50)35(48)38(31(26-43)53-39)54-40-36(49)34(47)33(46)30(25-42)52-40/h21,23,28-31,33-40,42-44,46-50H,3-20,22,24-27H2,1-2H3,(H,41,45)/b23-21+. The van der Waals surface area contributed by atoms with Gasteiger partial charge in [0, 0.05) is 6.42 Å². The van der Waals surface area contributed by atoms with Crippen LogP contribution in [0.2, 0.25) is 0 Å². The molecule has 1 amide bonds. The van der Waals surface area contributed by atoms with Gasteiger partial charge in [0.1, 0.15) is 48.8 Å². The Bertz CT molecular complexity index is 972. The summed E-state index contributed by atoms with van der Waals surface area (Å²) in [4.78, 5) is 13.0. The summed E-state index contributed by atoms with van der Waals surface area (Å²) in [6.07, 6.45) is 8.55. The quantitative estimate of drug-likeness (QED) is 0.0378. The number of allylic oxidation sites excluding steroid dienone is 1. The van der Waals surface area contributed by atoms with Crippen molar-refractivity contribution in [2.24, 2.45) is 0 Å². The molecule has 14 heteroatoms. The molecule has 54 heavy (non-hydrogen) atoms. The molecule has 2 fully saturated rings. The third-order valence-corrected chi connectivity index (χ3v) is 10.5. The zero-order valence-corrected chi connectivity index (χ0v) is 33.0. The number of carbonyl (C=O) groups excluding carboxylic acids is 1. The average Bonchev–Trinajstić information content (AvgIpc) is 3.17. The number of aliphatic hydroxyl groups is 8. The van der Waals surface area contributed by atoms with Gasteiger partial charge in [-0.05, 0) is 19.3 Å². The lowest BCUT2D eigenvalue weighted by Gasteiger charge is -2.46. The van der Waals surface area contributed by atoms with Crippen LogP contribution in [0.25, 0.3) is 0 Å². The molecule has 2 heterocycles. The first kappa shape index (κ1) is 48.9. The van der Waals surface area contributed by atoms with Gasteiger partial charge >= 0.3 is 0 Å². The number of carbonyl (C=O) groups is 1. The van der Waals surface area contributed by atoms with Crippen molar-refractivity contribution >= 4 is 5.91 Å². The second-order valence-electron chi connectivity index (χ2n) is 15.1. The number of aliphatic hydroxyl groups excluding tert-OH is 8. The van der Waals surface area contributed by atoms with Gasteiger partial charge in [0.25, 0.3) is 0 Å². The van der Waals surface area contributed by atoms with E-state index in [1.807, 2.05) is 6.08 Å². The van der Waals surface area contributed by atoms with Crippen molar-refractivity contribution in [1.29, 1.82) is 0 Å². The summed E-state index contributed by atoms with van der Waals surface area (Å²) in [7, 11) is 0. The molecule has 0 saturated carbocycles. The topological polar surface area (TPSA) is 228 Å². The van der Waals surface area contributed by atoms with Crippen LogP contribution < -0.4 is 5.32 Å². The maximum atomic E-state index is 13.0. The fourth-order valence-electron chi connectivity index (χ4n) is 6.94. The van der Waals surface area contributed by atoms with E-state index < -0.39 is 86.8 Å². The first-order chi connectivity index (χ1) is 26.1. The summed E-state index contributed by atoms with van der Waals surface area (Å²) in [5.74, 6) is -0.247. The predicted molar refractivity (Wildman–Crippen MR) is 203 cm³/mol. The minimum absolute atomic E-state index is 0.247. The number of hydrogen-bond acceptors (Lipinski definition) is 13. The summed E-state index contributed by atoms with van der Waals surface area (Å²) in [5, 5.41) is 86.1. The molecule has 0 aromatic rings. The summed E-state index contributed by atoms with van der Waals surface area (Å²) in [5.41, 5.74) is 0. The van der Waals surface area contributed by atoms with E-state index >= 15 is 0 Å². The van der Waals surface area contributed by atoms with Gasteiger partial charge < -0.3 is 65.1 Å². The molecule has 2 saturated heterocycles. The zero-order valence-electron chi connectivity index (χ0n) is 33.0. The minimum Gasteiger partial charge on any atom is -0.394 e. The third-order valence-electron chi connectivity index (χ3n) is 10.5. The van der Waals surface area contributed by atoms with Crippen LogP contribution in [0.3, 0.4) is 0 Å². The number of unbranched alkanes of at least 4 members (excludes halogenated alkanes) is 17. The van der Waals surface area contributed by atoms with Gasteiger partial charge in [-0.3, -0.25) is 4.79 Å². The van der Waals surface area contributed by atoms with Crippen molar-refractivity contribution in [2.45, 2.75) is 216 Å². The van der Waals surface area contributed by atoms with Crippen LogP contribution in [0.1, 0.15) is 142 Å². The van der Waals surface area contributed by atoms with E-state index in [0.717, 1.165) is 38.5 Å². The van der Waals surface area contributed by atoms with E-state index in [9.17, 15) is 45.6 Å². The van der Waals surface area contributed by atoms with Crippen LogP contribution in [-0.4, -0.2) is 140 Å². The van der Waals surface area contributed by atoms with E-state index in [4.69, 9.17) is 18.9 Å². The van der Waals surface area contributed by atoms with Crippen LogP contribution in [-0.2, 0) is 23.7 Å². The highest BCUT2D eigenvalue weighted by molar-refractivity contribution is 5.76. The maximum absolute atomic E-state index is 13.0. The smallest absolute Gasteiger partial charge is 0.220 e. The Kier molecular flexibility index (Phi) is 26.3. The third kappa shape index (κ3) is 17.9. The molecule has 0 aliphatic carbocycles. The molecule has 0 spiro atoms. The molecule has 0 radical (unpaired) electrons. The lowest BCUT2D eigenvalue weighted by Crippen LogP contribution is -2.65. The predicted octanol–water partition coefficient (Wildman–Crippen LogP) is 2.87. The number of nitrogens with one attached hydrogen (secondary N) is 1. The number of amides is 1. The highest BCUT2D eigenvalue weighted by Gasteiger charge is 2.50. The largest absolute Gasteiger partial charge is 0.394 e. The van der Waals surface area contributed by atoms with E-state index in [1.54, 1.807) is 6.08 Å². The van der Waals surface area contributed by atoms with E-state index in [1.165, 1.54) is 77.0 Å². The lowest BCUT2D eigenvalue weighted by atomic mass is 9.97. The Hall–Kier alpha value is -1.27. The normalized spacial score (nSPS) is 30.1. The fraction of sp³-hybridized carbons (Fsp3) is 0.925.